The number of anilines is 1. The van der Waals surface area contributed by atoms with E-state index in [1.165, 1.54) is 37.8 Å². The number of benzene rings is 1. The smallest absolute Gasteiger partial charge is 0.0345 e. The van der Waals surface area contributed by atoms with Gasteiger partial charge in [0.15, 0.2) is 0 Å². The molecule has 0 atom stereocenters. The van der Waals surface area contributed by atoms with Gasteiger partial charge in [-0.2, -0.15) is 0 Å². The van der Waals surface area contributed by atoms with Crippen LogP contribution in [0.25, 0.3) is 0 Å². The lowest BCUT2D eigenvalue weighted by Crippen LogP contribution is -2.37. The first-order chi connectivity index (χ1) is 8.22. The Bertz CT molecular complexity index is 402. The molecule has 1 fully saturated rings. The number of nitrogens with one attached hydrogen (secondary N) is 1. The first kappa shape index (κ1) is 11.1. The maximum Gasteiger partial charge on any atom is 0.0345 e. The first-order valence-corrected chi connectivity index (χ1v) is 7.10. The highest BCUT2D eigenvalue weighted by atomic mass is 14.9. The monoisotopic (exact) mass is 229 g/mol. The molecule has 0 heterocycles. The van der Waals surface area contributed by atoms with Gasteiger partial charge >= 0.3 is 0 Å². The number of hydrogen-bond donors (Lipinski definition) is 1. The molecule has 0 saturated heterocycles. The normalized spacial score (nSPS) is 26.8. The topological polar surface area (TPSA) is 12.0 Å². The lowest BCUT2D eigenvalue weighted by molar-refractivity contribution is 0.212. The van der Waals surface area contributed by atoms with E-state index < -0.39 is 0 Å². The second-order valence-electron chi connectivity index (χ2n) is 6.15. The third-order valence-electron chi connectivity index (χ3n) is 4.59. The number of rotatable bonds is 3. The van der Waals surface area contributed by atoms with Gasteiger partial charge in [0.05, 0.1) is 0 Å². The van der Waals surface area contributed by atoms with E-state index in [-0.39, 0.29) is 0 Å². The second kappa shape index (κ2) is 4.36. The molecule has 92 valence electrons. The molecule has 1 heteroatoms. The minimum absolute atomic E-state index is 0.724. The Morgan fingerprint density at radius 2 is 1.88 bits per heavy atom. The van der Waals surface area contributed by atoms with E-state index >= 15 is 0 Å². The Balaban J connectivity index is 1.60. The van der Waals surface area contributed by atoms with E-state index in [1.54, 1.807) is 11.1 Å². The number of hydrogen-bond acceptors (Lipinski definition) is 1. The van der Waals surface area contributed by atoms with Crippen LogP contribution in [0, 0.1) is 11.8 Å². The molecule has 0 aromatic heterocycles. The van der Waals surface area contributed by atoms with E-state index in [4.69, 9.17) is 0 Å². The summed E-state index contributed by atoms with van der Waals surface area (Å²) in [5.41, 5.74) is 4.50. The Labute approximate surface area is 105 Å². The summed E-state index contributed by atoms with van der Waals surface area (Å²) in [5, 5.41) is 3.69. The molecule has 1 aromatic carbocycles. The van der Waals surface area contributed by atoms with Crippen molar-refractivity contribution in [1.29, 1.82) is 0 Å². The molecule has 0 spiro atoms. The van der Waals surface area contributed by atoms with Crippen molar-refractivity contribution < 1.29 is 0 Å². The zero-order valence-corrected chi connectivity index (χ0v) is 11.0. The van der Waals surface area contributed by atoms with E-state index in [9.17, 15) is 0 Å². The van der Waals surface area contributed by atoms with Gasteiger partial charge in [-0.05, 0) is 67.2 Å². The molecular weight excluding hydrogens is 206 g/mol. The van der Waals surface area contributed by atoms with Crippen molar-refractivity contribution in [1.82, 2.24) is 0 Å². The standard InChI is InChI=1S/C16H23N/c1-11(2)14-9-16(10-14)17-15-7-6-12-4-3-5-13(12)8-15/h6-8,11,14,16-17H,3-5,9-10H2,1-2H3. The molecular formula is C16H23N. The predicted octanol–water partition coefficient (Wildman–Crippen LogP) is 4.02. The molecule has 0 bridgehead atoms. The highest BCUT2D eigenvalue weighted by molar-refractivity contribution is 5.51. The molecule has 1 aromatic rings. The maximum absolute atomic E-state index is 3.69. The average Bonchev–Trinajstić information content (AvgIpc) is 2.69. The van der Waals surface area contributed by atoms with E-state index in [0.717, 1.165) is 17.9 Å². The molecule has 1 saturated carbocycles. The maximum atomic E-state index is 3.69. The molecule has 3 rings (SSSR count). The third-order valence-corrected chi connectivity index (χ3v) is 4.59. The van der Waals surface area contributed by atoms with Crippen molar-refractivity contribution in [3.63, 3.8) is 0 Å². The summed E-state index contributed by atoms with van der Waals surface area (Å²) in [4.78, 5) is 0. The van der Waals surface area contributed by atoms with Gasteiger partial charge in [0.2, 0.25) is 0 Å². The van der Waals surface area contributed by atoms with Gasteiger partial charge in [0.1, 0.15) is 0 Å². The fraction of sp³-hybridized carbons (Fsp3) is 0.625. The van der Waals surface area contributed by atoms with Crippen LogP contribution >= 0.6 is 0 Å². The summed E-state index contributed by atoms with van der Waals surface area (Å²) in [6, 6.07) is 7.70. The van der Waals surface area contributed by atoms with Gasteiger partial charge in [0, 0.05) is 11.7 Å². The molecule has 17 heavy (non-hydrogen) atoms. The van der Waals surface area contributed by atoms with Gasteiger partial charge in [-0.15, -0.1) is 0 Å². The first-order valence-electron chi connectivity index (χ1n) is 7.10. The molecule has 0 unspecified atom stereocenters. The van der Waals surface area contributed by atoms with E-state index in [1.807, 2.05) is 0 Å². The van der Waals surface area contributed by atoms with Crippen LogP contribution in [0.2, 0.25) is 0 Å². The van der Waals surface area contributed by atoms with Crippen LogP contribution in [0.5, 0.6) is 0 Å². The van der Waals surface area contributed by atoms with Crippen LogP contribution < -0.4 is 5.32 Å². The van der Waals surface area contributed by atoms with E-state index in [2.05, 4.69) is 37.4 Å². The lowest BCUT2D eigenvalue weighted by Gasteiger charge is -2.39. The quantitative estimate of drug-likeness (QED) is 0.825. The van der Waals surface area contributed by atoms with Crippen molar-refractivity contribution in [3.05, 3.63) is 29.3 Å². The minimum Gasteiger partial charge on any atom is -0.382 e. The summed E-state index contributed by atoms with van der Waals surface area (Å²) >= 11 is 0. The minimum atomic E-state index is 0.724. The van der Waals surface area contributed by atoms with Crippen molar-refractivity contribution in [2.45, 2.75) is 52.0 Å². The van der Waals surface area contributed by atoms with Crippen LogP contribution in [0.15, 0.2) is 18.2 Å². The Morgan fingerprint density at radius 3 is 2.65 bits per heavy atom. The van der Waals surface area contributed by atoms with Crippen molar-refractivity contribution in [3.8, 4) is 0 Å². The van der Waals surface area contributed by atoms with Crippen LogP contribution in [-0.4, -0.2) is 6.04 Å². The lowest BCUT2D eigenvalue weighted by atomic mass is 9.73. The van der Waals surface area contributed by atoms with Crippen molar-refractivity contribution in [2.75, 3.05) is 5.32 Å². The highest BCUT2D eigenvalue weighted by Gasteiger charge is 2.30. The average molecular weight is 229 g/mol. The summed E-state index contributed by atoms with van der Waals surface area (Å²) in [6.45, 7) is 4.69. The second-order valence-corrected chi connectivity index (χ2v) is 6.15. The van der Waals surface area contributed by atoms with Crippen LogP contribution in [0.1, 0.15) is 44.2 Å². The zero-order valence-electron chi connectivity index (χ0n) is 11.0. The molecule has 1 nitrogen and oxygen atoms in total. The molecule has 0 amide bonds. The van der Waals surface area contributed by atoms with Gasteiger partial charge < -0.3 is 5.32 Å². The van der Waals surface area contributed by atoms with Crippen LogP contribution in [0.4, 0.5) is 5.69 Å². The Morgan fingerprint density at radius 1 is 1.12 bits per heavy atom. The number of aryl methyl sites for hydroxylation is 2. The number of fused-ring (bicyclic) bond motifs is 1. The van der Waals surface area contributed by atoms with Gasteiger partial charge in [-0.1, -0.05) is 19.9 Å². The summed E-state index contributed by atoms with van der Waals surface area (Å²) in [7, 11) is 0. The molecule has 1 N–H and O–H groups in total. The predicted molar refractivity (Wildman–Crippen MR) is 73.4 cm³/mol. The zero-order chi connectivity index (χ0) is 11.8. The molecule has 2 aliphatic carbocycles. The Hall–Kier alpha value is -0.980. The SMILES string of the molecule is CC(C)C1CC(Nc2ccc3c(c2)CCC3)C1. The largest absolute Gasteiger partial charge is 0.382 e. The van der Waals surface area contributed by atoms with E-state index in [0.29, 0.717) is 0 Å². The van der Waals surface area contributed by atoms with Crippen LogP contribution in [0.3, 0.4) is 0 Å². The van der Waals surface area contributed by atoms with Crippen molar-refractivity contribution >= 4 is 5.69 Å². The third kappa shape index (κ3) is 2.20. The van der Waals surface area contributed by atoms with Crippen molar-refractivity contribution in [2.24, 2.45) is 11.8 Å². The molecule has 0 radical (unpaired) electrons. The Kier molecular flexibility index (Phi) is 2.85. The summed E-state index contributed by atoms with van der Waals surface area (Å²) in [6.07, 6.45) is 6.62. The summed E-state index contributed by atoms with van der Waals surface area (Å²) < 4.78 is 0. The van der Waals surface area contributed by atoms with Gasteiger partial charge in [-0.3, -0.25) is 0 Å². The van der Waals surface area contributed by atoms with Crippen LogP contribution in [-0.2, 0) is 12.8 Å². The molecule has 2 aliphatic rings. The fourth-order valence-electron chi connectivity index (χ4n) is 3.22. The van der Waals surface area contributed by atoms with Gasteiger partial charge in [0.25, 0.3) is 0 Å². The highest BCUT2D eigenvalue weighted by Crippen LogP contribution is 2.36. The summed E-state index contributed by atoms with van der Waals surface area (Å²) in [5.74, 6) is 1.80. The van der Waals surface area contributed by atoms with Gasteiger partial charge in [-0.25, -0.2) is 0 Å². The fourth-order valence-corrected chi connectivity index (χ4v) is 3.22. The molecule has 0 aliphatic heterocycles.